The Labute approximate surface area is 124 Å². The quantitative estimate of drug-likeness (QED) is 0.831. The van der Waals surface area contributed by atoms with E-state index in [4.69, 9.17) is 5.73 Å². The fraction of sp³-hybridized carbons (Fsp3) is 0.615. The Hall–Kier alpha value is -0.630. The van der Waals surface area contributed by atoms with E-state index in [0.29, 0.717) is 13.1 Å². The molecule has 1 saturated carbocycles. The summed E-state index contributed by atoms with van der Waals surface area (Å²) in [6, 6.07) is 3.20. The Morgan fingerprint density at radius 1 is 1.40 bits per heavy atom. The zero-order valence-electron chi connectivity index (χ0n) is 11.6. The van der Waals surface area contributed by atoms with Crippen LogP contribution in [0.2, 0.25) is 0 Å². The molecule has 1 aromatic rings. The lowest BCUT2D eigenvalue weighted by molar-refractivity contribution is 0.548. The van der Waals surface area contributed by atoms with Gasteiger partial charge in [0, 0.05) is 24.0 Å². The van der Waals surface area contributed by atoms with Crippen molar-refractivity contribution < 1.29 is 8.42 Å². The van der Waals surface area contributed by atoms with Gasteiger partial charge in [-0.25, -0.2) is 18.1 Å². The number of nitrogens with two attached hydrogens (primary N) is 1. The van der Waals surface area contributed by atoms with Crippen LogP contribution in [0.3, 0.4) is 0 Å². The number of hydrogen-bond acceptors (Lipinski definition) is 5. The van der Waals surface area contributed by atoms with Crippen molar-refractivity contribution in [2.24, 2.45) is 5.73 Å². The number of pyridine rings is 1. The molecule has 1 aliphatic rings. The van der Waals surface area contributed by atoms with Gasteiger partial charge in [0.05, 0.1) is 0 Å². The van der Waals surface area contributed by atoms with Gasteiger partial charge in [-0.1, -0.05) is 18.9 Å². The number of sulfonamides is 1. The minimum absolute atomic E-state index is 0.0459. The first-order chi connectivity index (χ1) is 9.51. The highest BCUT2D eigenvalue weighted by atomic mass is 32.2. The van der Waals surface area contributed by atoms with E-state index >= 15 is 0 Å². The van der Waals surface area contributed by atoms with E-state index in [9.17, 15) is 8.42 Å². The average Bonchev–Trinajstić information content (AvgIpc) is 2.95. The Bertz CT molecular complexity index is 537. The van der Waals surface area contributed by atoms with Gasteiger partial charge in [-0.15, -0.1) is 0 Å². The van der Waals surface area contributed by atoms with Crippen molar-refractivity contribution in [1.82, 2.24) is 9.71 Å². The molecule has 0 bridgehead atoms. The van der Waals surface area contributed by atoms with E-state index in [1.807, 2.05) is 6.26 Å². The van der Waals surface area contributed by atoms with Crippen molar-refractivity contribution in [2.75, 3.05) is 12.8 Å². The Morgan fingerprint density at radius 3 is 2.60 bits per heavy atom. The molecule has 0 aliphatic heterocycles. The largest absolute Gasteiger partial charge is 0.326 e. The van der Waals surface area contributed by atoms with E-state index in [1.165, 1.54) is 25.1 Å². The molecule has 0 spiro atoms. The summed E-state index contributed by atoms with van der Waals surface area (Å²) >= 11 is 1.76. The van der Waals surface area contributed by atoms with Gasteiger partial charge in [-0.2, -0.15) is 11.8 Å². The Kier molecular flexibility index (Phi) is 5.06. The molecule has 1 fully saturated rings. The van der Waals surface area contributed by atoms with Gasteiger partial charge >= 0.3 is 0 Å². The molecule has 0 radical (unpaired) electrons. The lowest BCUT2D eigenvalue weighted by Gasteiger charge is -2.26. The minimum atomic E-state index is -3.54. The predicted octanol–water partition coefficient (Wildman–Crippen LogP) is 1.49. The van der Waals surface area contributed by atoms with Crippen LogP contribution in [-0.2, 0) is 16.6 Å². The summed E-state index contributed by atoms with van der Waals surface area (Å²) in [4.78, 5) is 3.98. The molecule has 0 unspecified atom stereocenters. The van der Waals surface area contributed by atoms with Gasteiger partial charge in [0.25, 0.3) is 10.0 Å². The first kappa shape index (κ1) is 15.8. The first-order valence-electron chi connectivity index (χ1n) is 6.71. The molecule has 2 rings (SSSR count). The summed E-state index contributed by atoms with van der Waals surface area (Å²) in [6.45, 7) is 0.827. The van der Waals surface area contributed by atoms with Crippen molar-refractivity contribution in [3.05, 3.63) is 23.9 Å². The van der Waals surface area contributed by atoms with Crippen molar-refractivity contribution >= 4 is 21.8 Å². The first-order valence-corrected chi connectivity index (χ1v) is 9.42. The molecule has 0 saturated heterocycles. The maximum atomic E-state index is 12.2. The summed E-state index contributed by atoms with van der Waals surface area (Å²) in [7, 11) is -3.54. The highest BCUT2D eigenvalue weighted by Crippen LogP contribution is 2.39. The van der Waals surface area contributed by atoms with Crippen LogP contribution >= 0.6 is 11.8 Å². The number of rotatable bonds is 6. The highest BCUT2D eigenvalue weighted by molar-refractivity contribution is 8.00. The number of nitrogens with one attached hydrogen (secondary N) is 1. The van der Waals surface area contributed by atoms with Crippen LogP contribution in [0, 0.1) is 0 Å². The molecular weight excluding hydrogens is 294 g/mol. The van der Waals surface area contributed by atoms with Gasteiger partial charge < -0.3 is 5.73 Å². The normalized spacial score (nSPS) is 18.3. The van der Waals surface area contributed by atoms with Crippen LogP contribution in [0.15, 0.2) is 23.4 Å². The summed E-state index contributed by atoms with van der Waals surface area (Å²) in [5, 5.41) is 0.0592. The van der Waals surface area contributed by atoms with Gasteiger partial charge in [0.2, 0.25) is 0 Å². The van der Waals surface area contributed by atoms with E-state index in [1.54, 1.807) is 17.8 Å². The second-order valence-electron chi connectivity index (χ2n) is 5.13. The topological polar surface area (TPSA) is 85.1 Å². The van der Waals surface area contributed by atoms with Gasteiger partial charge in [0.1, 0.15) is 0 Å². The minimum Gasteiger partial charge on any atom is -0.326 e. The van der Waals surface area contributed by atoms with E-state index in [0.717, 1.165) is 18.4 Å². The lowest BCUT2D eigenvalue weighted by Crippen LogP contribution is -2.38. The standard InChI is InChI=1S/C13H21N3O2S2/c1-19-13(6-2-3-7-13)10-16-20(17,18)12-5-4-11(8-14)9-15-12/h4-5,9,16H,2-3,6-8,10,14H2,1H3. The molecule has 0 aromatic carbocycles. The SMILES string of the molecule is CSC1(CNS(=O)(=O)c2ccc(CN)cn2)CCCC1. The number of thioether (sulfide) groups is 1. The smallest absolute Gasteiger partial charge is 0.258 e. The second kappa shape index (κ2) is 6.43. The molecule has 1 aliphatic carbocycles. The molecule has 20 heavy (non-hydrogen) atoms. The van der Waals surface area contributed by atoms with Crippen molar-refractivity contribution in [3.8, 4) is 0 Å². The Morgan fingerprint density at radius 2 is 2.10 bits per heavy atom. The maximum absolute atomic E-state index is 12.2. The van der Waals surface area contributed by atoms with Crippen LogP contribution in [0.4, 0.5) is 0 Å². The molecule has 5 nitrogen and oxygen atoms in total. The fourth-order valence-electron chi connectivity index (χ4n) is 2.46. The molecular formula is C13H21N3O2S2. The highest BCUT2D eigenvalue weighted by Gasteiger charge is 2.34. The van der Waals surface area contributed by atoms with Crippen LogP contribution in [0.25, 0.3) is 0 Å². The summed E-state index contributed by atoms with van der Waals surface area (Å²) in [6.07, 6.45) is 8.03. The van der Waals surface area contributed by atoms with Crippen molar-refractivity contribution in [3.63, 3.8) is 0 Å². The number of nitrogens with zero attached hydrogens (tertiary/aromatic N) is 1. The zero-order chi connectivity index (χ0) is 14.6. The summed E-state index contributed by atoms with van der Waals surface area (Å²) in [5.41, 5.74) is 6.30. The molecule has 112 valence electrons. The molecule has 1 aromatic heterocycles. The van der Waals surface area contributed by atoms with Crippen LogP contribution in [0.5, 0.6) is 0 Å². The third-order valence-corrected chi connectivity index (χ3v) is 6.58. The fourth-order valence-corrected chi connectivity index (χ4v) is 4.52. The number of aromatic nitrogens is 1. The van der Waals surface area contributed by atoms with Crippen LogP contribution in [0.1, 0.15) is 31.2 Å². The van der Waals surface area contributed by atoms with Crippen molar-refractivity contribution in [2.45, 2.75) is 42.0 Å². The molecule has 0 amide bonds. The Balaban J connectivity index is 2.06. The van der Waals surface area contributed by atoms with Gasteiger partial charge in [-0.05, 0) is 30.7 Å². The molecule has 3 N–H and O–H groups in total. The third kappa shape index (κ3) is 3.52. The van der Waals surface area contributed by atoms with Gasteiger partial charge in [0.15, 0.2) is 5.03 Å². The van der Waals surface area contributed by atoms with Crippen LogP contribution in [-0.4, -0.2) is 30.9 Å². The summed E-state index contributed by atoms with van der Waals surface area (Å²) in [5.74, 6) is 0. The van der Waals surface area contributed by atoms with Crippen LogP contribution < -0.4 is 10.5 Å². The van der Waals surface area contributed by atoms with E-state index in [-0.39, 0.29) is 9.77 Å². The van der Waals surface area contributed by atoms with E-state index < -0.39 is 10.0 Å². The lowest BCUT2D eigenvalue weighted by atomic mass is 10.1. The predicted molar refractivity (Wildman–Crippen MR) is 82.0 cm³/mol. The number of hydrogen-bond donors (Lipinski definition) is 2. The van der Waals surface area contributed by atoms with Gasteiger partial charge in [-0.3, -0.25) is 0 Å². The second-order valence-corrected chi connectivity index (χ2v) is 8.12. The average molecular weight is 315 g/mol. The molecule has 7 heteroatoms. The molecule has 0 atom stereocenters. The summed E-state index contributed by atoms with van der Waals surface area (Å²) < 4.78 is 27.2. The van der Waals surface area contributed by atoms with Crippen molar-refractivity contribution in [1.29, 1.82) is 0 Å². The third-order valence-electron chi connectivity index (χ3n) is 3.84. The van der Waals surface area contributed by atoms with E-state index in [2.05, 4.69) is 9.71 Å². The monoisotopic (exact) mass is 315 g/mol. The maximum Gasteiger partial charge on any atom is 0.258 e. The molecule has 1 heterocycles. The zero-order valence-corrected chi connectivity index (χ0v) is 13.3.